The number of thiophene rings is 1. The van der Waals surface area contributed by atoms with Crippen LogP contribution in [0.5, 0.6) is 5.75 Å². The number of aromatic nitrogens is 2. The summed E-state index contributed by atoms with van der Waals surface area (Å²) in [6.45, 7) is 7.12. The highest BCUT2D eigenvalue weighted by atomic mass is 32.1. The number of anilines is 1. The average molecular weight is 434 g/mol. The third-order valence-electron chi connectivity index (χ3n) is 4.95. The van der Waals surface area contributed by atoms with Crippen molar-refractivity contribution in [2.45, 2.75) is 27.3 Å². The summed E-state index contributed by atoms with van der Waals surface area (Å²) >= 11 is 1.66. The third kappa shape index (κ3) is 4.36. The molecule has 2 N–H and O–H groups in total. The van der Waals surface area contributed by atoms with Crippen molar-refractivity contribution in [3.05, 3.63) is 70.4 Å². The highest BCUT2D eigenvalue weighted by Crippen LogP contribution is 2.41. The Bertz CT molecular complexity index is 1230. The summed E-state index contributed by atoms with van der Waals surface area (Å²) in [6, 6.07) is 14.9. The summed E-state index contributed by atoms with van der Waals surface area (Å²) in [5.41, 5.74) is 3.46. The molecule has 4 rings (SSSR count). The summed E-state index contributed by atoms with van der Waals surface area (Å²) < 4.78 is 5.57. The summed E-state index contributed by atoms with van der Waals surface area (Å²) in [5.74, 6) is 1.40. The van der Waals surface area contributed by atoms with E-state index in [1.165, 1.54) is 4.88 Å². The number of fused-ring (bicyclic) bond motifs is 1. The predicted molar refractivity (Wildman–Crippen MR) is 124 cm³/mol. The molecule has 0 spiro atoms. The quantitative estimate of drug-likeness (QED) is 0.390. The van der Waals surface area contributed by atoms with Crippen LogP contribution in [0, 0.1) is 13.8 Å². The van der Waals surface area contributed by atoms with Crippen LogP contribution in [-0.4, -0.2) is 27.7 Å². The summed E-state index contributed by atoms with van der Waals surface area (Å²) in [6.07, 6.45) is 0. The molecule has 158 valence electrons. The van der Waals surface area contributed by atoms with E-state index < -0.39 is 5.97 Å². The van der Waals surface area contributed by atoms with Crippen molar-refractivity contribution in [2.24, 2.45) is 0 Å². The van der Waals surface area contributed by atoms with E-state index in [-0.39, 0.29) is 5.56 Å². The van der Waals surface area contributed by atoms with Crippen molar-refractivity contribution in [3.8, 4) is 16.9 Å². The Labute approximate surface area is 184 Å². The lowest BCUT2D eigenvalue weighted by atomic mass is 10.0. The smallest absolute Gasteiger partial charge is 0.335 e. The molecule has 0 saturated carbocycles. The van der Waals surface area contributed by atoms with E-state index in [4.69, 9.17) is 9.84 Å². The first-order valence-corrected chi connectivity index (χ1v) is 10.8. The molecule has 2 aromatic heterocycles. The van der Waals surface area contributed by atoms with Crippen LogP contribution < -0.4 is 10.1 Å². The van der Waals surface area contributed by atoms with Gasteiger partial charge in [0.2, 0.25) is 0 Å². The Balaban J connectivity index is 1.70. The number of hydrogen-bond acceptors (Lipinski definition) is 6. The maximum Gasteiger partial charge on any atom is 0.335 e. The Hall–Kier alpha value is -3.45. The van der Waals surface area contributed by atoms with E-state index in [0.29, 0.717) is 19.0 Å². The van der Waals surface area contributed by atoms with Gasteiger partial charge < -0.3 is 15.2 Å². The largest absolute Gasteiger partial charge is 0.494 e. The van der Waals surface area contributed by atoms with Crippen LogP contribution >= 0.6 is 11.3 Å². The van der Waals surface area contributed by atoms with Gasteiger partial charge >= 0.3 is 5.97 Å². The molecule has 0 aliphatic heterocycles. The fraction of sp³-hybridized carbons (Fsp3) is 0.208. The van der Waals surface area contributed by atoms with Gasteiger partial charge in [-0.15, -0.1) is 11.3 Å². The van der Waals surface area contributed by atoms with Crippen LogP contribution in [0.4, 0.5) is 5.82 Å². The maximum atomic E-state index is 11.1. The lowest BCUT2D eigenvalue weighted by molar-refractivity contribution is 0.0697. The zero-order chi connectivity index (χ0) is 22.0. The number of nitrogens with one attached hydrogen (secondary N) is 1. The molecule has 0 bridgehead atoms. The predicted octanol–water partition coefficient (Wildman–Crippen LogP) is 5.68. The van der Waals surface area contributed by atoms with E-state index in [9.17, 15) is 4.79 Å². The first-order chi connectivity index (χ1) is 15.0. The monoisotopic (exact) mass is 433 g/mol. The normalized spacial score (nSPS) is 10.9. The van der Waals surface area contributed by atoms with Crippen LogP contribution in [0.15, 0.2) is 48.5 Å². The number of rotatable bonds is 7. The molecule has 31 heavy (non-hydrogen) atoms. The summed E-state index contributed by atoms with van der Waals surface area (Å²) in [4.78, 5) is 22.5. The number of carboxylic acid groups (broad SMARTS) is 1. The zero-order valence-electron chi connectivity index (χ0n) is 17.6. The van der Waals surface area contributed by atoms with E-state index in [2.05, 4.69) is 34.3 Å². The van der Waals surface area contributed by atoms with Gasteiger partial charge in [-0.1, -0.05) is 24.3 Å². The highest BCUT2D eigenvalue weighted by molar-refractivity contribution is 7.19. The lowest BCUT2D eigenvalue weighted by Crippen LogP contribution is -2.04. The third-order valence-corrected chi connectivity index (χ3v) is 5.95. The molecule has 0 aliphatic carbocycles. The number of ether oxygens (including phenoxy) is 1. The minimum atomic E-state index is -0.929. The van der Waals surface area contributed by atoms with Gasteiger partial charge in [-0.2, -0.15) is 0 Å². The van der Waals surface area contributed by atoms with Gasteiger partial charge in [0.1, 0.15) is 22.2 Å². The molecule has 0 unspecified atom stereocenters. The van der Waals surface area contributed by atoms with E-state index in [0.717, 1.165) is 38.5 Å². The molecule has 2 heterocycles. The van der Waals surface area contributed by atoms with Gasteiger partial charge in [0.15, 0.2) is 0 Å². The molecular formula is C24H23N3O3S. The number of hydrogen-bond donors (Lipinski definition) is 2. The van der Waals surface area contributed by atoms with Crippen molar-refractivity contribution in [2.75, 3.05) is 11.9 Å². The number of carbonyl (C=O) groups is 1. The van der Waals surface area contributed by atoms with Crippen LogP contribution in [0.1, 0.15) is 33.5 Å². The topological polar surface area (TPSA) is 84.3 Å². The summed E-state index contributed by atoms with van der Waals surface area (Å²) in [7, 11) is 0. The Kier molecular flexibility index (Phi) is 5.86. The fourth-order valence-electron chi connectivity index (χ4n) is 3.53. The molecule has 0 fully saturated rings. The van der Waals surface area contributed by atoms with Crippen molar-refractivity contribution in [1.82, 2.24) is 9.97 Å². The number of aromatic carboxylic acids is 1. The van der Waals surface area contributed by atoms with Crippen molar-refractivity contribution in [3.63, 3.8) is 0 Å². The maximum absolute atomic E-state index is 11.1. The number of nitrogens with zero attached hydrogens (tertiary/aromatic N) is 2. The van der Waals surface area contributed by atoms with Crippen LogP contribution in [0.25, 0.3) is 21.3 Å². The molecule has 7 heteroatoms. The van der Waals surface area contributed by atoms with Crippen molar-refractivity contribution >= 4 is 33.3 Å². The standard InChI is InChI=1S/C24H23N3O3S/c1-4-30-19-11-9-17(10-12-19)20-14(2)31-23-21(20)22(26-15(3)27-23)25-13-16-5-7-18(8-6-16)24(28)29/h5-12H,4,13H2,1-3H3,(H,28,29)(H,25,26,27). The molecule has 6 nitrogen and oxygen atoms in total. The SMILES string of the molecule is CCOc1ccc(-c2c(C)sc3nc(C)nc(NCc4ccc(C(=O)O)cc4)c23)cc1. The lowest BCUT2D eigenvalue weighted by Gasteiger charge is -2.11. The zero-order valence-corrected chi connectivity index (χ0v) is 18.4. The second kappa shape index (κ2) is 8.73. The minimum Gasteiger partial charge on any atom is -0.494 e. The summed E-state index contributed by atoms with van der Waals surface area (Å²) in [5, 5.41) is 13.5. The van der Waals surface area contributed by atoms with Crippen LogP contribution in [0.3, 0.4) is 0 Å². The molecule has 2 aromatic carbocycles. The molecule has 4 aromatic rings. The van der Waals surface area contributed by atoms with Gasteiger partial charge in [-0.3, -0.25) is 0 Å². The van der Waals surface area contributed by atoms with Gasteiger partial charge in [0.25, 0.3) is 0 Å². The fourth-order valence-corrected chi connectivity index (χ4v) is 4.62. The second-order valence-electron chi connectivity index (χ2n) is 7.15. The molecule has 0 atom stereocenters. The van der Waals surface area contributed by atoms with Crippen LogP contribution in [0.2, 0.25) is 0 Å². The Morgan fingerprint density at radius 3 is 2.42 bits per heavy atom. The van der Waals surface area contributed by atoms with Gasteiger partial charge in [0.05, 0.1) is 17.6 Å². The Morgan fingerprint density at radius 1 is 1.06 bits per heavy atom. The first-order valence-electron chi connectivity index (χ1n) is 10.0. The Morgan fingerprint density at radius 2 is 1.77 bits per heavy atom. The van der Waals surface area contributed by atoms with Crippen molar-refractivity contribution in [1.29, 1.82) is 0 Å². The number of aryl methyl sites for hydroxylation is 2. The molecule has 0 radical (unpaired) electrons. The van der Waals surface area contributed by atoms with Crippen LogP contribution in [-0.2, 0) is 6.54 Å². The van der Waals surface area contributed by atoms with Crippen molar-refractivity contribution < 1.29 is 14.6 Å². The molecule has 0 amide bonds. The number of benzene rings is 2. The highest BCUT2D eigenvalue weighted by Gasteiger charge is 2.18. The van der Waals surface area contributed by atoms with Gasteiger partial charge in [-0.05, 0) is 56.2 Å². The van der Waals surface area contributed by atoms with E-state index in [1.54, 1.807) is 23.5 Å². The number of carboxylic acids is 1. The van der Waals surface area contributed by atoms with E-state index >= 15 is 0 Å². The first kappa shape index (κ1) is 20.8. The molecular weight excluding hydrogens is 410 g/mol. The average Bonchev–Trinajstić information content (AvgIpc) is 3.08. The molecule has 0 aliphatic rings. The van der Waals surface area contributed by atoms with Gasteiger partial charge in [-0.25, -0.2) is 14.8 Å². The molecule has 0 saturated heterocycles. The second-order valence-corrected chi connectivity index (χ2v) is 8.35. The van der Waals surface area contributed by atoms with Gasteiger partial charge in [0, 0.05) is 17.0 Å². The minimum absolute atomic E-state index is 0.273. The van der Waals surface area contributed by atoms with E-state index in [1.807, 2.05) is 38.1 Å².